The van der Waals surface area contributed by atoms with Crippen molar-refractivity contribution in [2.75, 3.05) is 5.84 Å². The van der Waals surface area contributed by atoms with Crippen LogP contribution in [-0.4, -0.2) is 14.9 Å². The fourth-order valence-corrected chi connectivity index (χ4v) is 0.628. The lowest BCUT2D eigenvalue weighted by Gasteiger charge is -1.95. The lowest BCUT2D eigenvalue weighted by Crippen LogP contribution is -2.31. The SMILES string of the molecule is Cc1n[nH]c(=S)n(N)c1=O.Cl. The van der Waals surface area contributed by atoms with Crippen molar-refractivity contribution in [1.29, 1.82) is 0 Å². The highest BCUT2D eigenvalue weighted by Crippen LogP contribution is 1.76. The summed E-state index contributed by atoms with van der Waals surface area (Å²) >= 11 is 4.62. The predicted molar refractivity (Wildman–Crippen MR) is 45.8 cm³/mol. The van der Waals surface area contributed by atoms with E-state index >= 15 is 0 Å². The normalized spacial score (nSPS) is 8.82. The Kier molecular flexibility index (Phi) is 3.21. The number of rotatable bonds is 0. The first-order chi connectivity index (χ1) is 4.63. The van der Waals surface area contributed by atoms with E-state index in [-0.39, 0.29) is 22.7 Å². The Morgan fingerprint density at radius 1 is 1.73 bits per heavy atom. The fraction of sp³-hybridized carbons (Fsp3) is 0.250. The molecule has 0 amide bonds. The zero-order valence-corrected chi connectivity index (χ0v) is 7.33. The summed E-state index contributed by atoms with van der Waals surface area (Å²) in [6.45, 7) is 1.55. The van der Waals surface area contributed by atoms with Crippen LogP contribution in [0.3, 0.4) is 0 Å². The molecule has 0 radical (unpaired) electrons. The second kappa shape index (κ2) is 3.49. The van der Waals surface area contributed by atoms with Gasteiger partial charge in [-0.3, -0.25) is 9.89 Å². The standard InChI is InChI=1S/C4H6N4OS.ClH/c1-2-3(9)8(5)4(10)7-6-2;/h5H2,1H3,(H,7,10);1H. The van der Waals surface area contributed by atoms with Gasteiger partial charge in [0.15, 0.2) is 0 Å². The number of aromatic nitrogens is 3. The lowest BCUT2D eigenvalue weighted by molar-refractivity contribution is 0.775. The average Bonchev–Trinajstić information content (AvgIpc) is 1.93. The molecule has 62 valence electrons. The molecule has 7 heteroatoms. The van der Waals surface area contributed by atoms with Gasteiger partial charge in [0, 0.05) is 0 Å². The van der Waals surface area contributed by atoms with Crippen molar-refractivity contribution < 1.29 is 0 Å². The topological polar surface area (TPSA) is 76.7 Å². The third-order valence-electron chi connectivity index (χ3n) is 1.07. The maximum absolute atomic E-state index is 10.9. The van der Waals surface area contributed by atoms with Gasteiger partial charge in [-0.15, -0.1) is 12.4 Å². The van der Waals surface area contributed by atoms with E-state index in [1.54, 1.807) is 6.92 Å². The molecule has 1 aromatic heterocycles. The Labute approximate surface area is 73.6 Å². The van der Waals surface area contributed by atoms with Crippen LogP contribution < -0.4 is 11.4 Å². The second-order valence-electron chi connectivity index (χ2n) is 1.79. The van der Waals surface area contributed by atoms with Crippen molar-refractivity contribution in [2.24, 2.45) is 0 Å². The molecule has 3 N–H and O–H groups in total. The number of hydrogen-bond donors (Lipinski definition) is 2. The Morgan fingerprint density at radius 3 is 2.73 bits per heavy atom. The van der Waals surface area contributed by atoms with Crippen LogP contribution in [0.5, 0.6) is 0 Å². The average molecular weight is 195 g/mol. The van der Waals surface area contributed by atoms with Gasteiger partial charge in [0.1, 0.15) is 5.69 Å². The minimum Gasteiger partial charge on any atom is -0.334 e. The van der Waals surface area contributed by atoms with Crippen LogP contribution in [0.2, 0.25) is 0 Å². The van der Waals surface area contributed by atoms with E-state index in [0.29, 0.717) is 5.69 Å². The summed E-state index contributed by atoms with van der Waals surface area (Å²) in [4.78, 5) is 10.9. The Morgan fingerprint density at radius 2 is 2.27 bits per heavy atom. The van der Waals surface area contributed by atoms with E-state index in [1.165, 1.54) is 0 Å². The minimum absolute atomic E-state index is 0. The van der Waals surface area contributed by atoms with E-state index in [4.69, 9.17) is 5.84 Å². The highest BCUT2D eigenvalue weighted by atomic mass is 35.5. The van der Waals surface area contributed by atoms with E-state index in [9.17, 15) is 4.79 Å². The van der Waals surface area contributed by atoms with Crippen LogP contribution in [0.4, 0.5) is 0 Å². The molecule has 0 spiro atoms. The van der Waals surface area contributed by atoms with E-state index in [1.807, 2.05) is 0 Å². The van der Waals surface area contributed by atoms with Crippen molar-refractivity contribution in [2.45, 2.75) is 6.92 Å². The van der Waals surface area contributed by atoms with Crippen molar-refractivity contribution >= 4 is 24.6 Å². The quantitative estimate of drug-likeness (QED) is 0.441. The first kappa shape index (κ1) is 10.1. The maximum atomic E-state index is 10.9. The molecule has 0 bridgehead atoms. The van der Waals surface area contributed by atoms with Gasteiger partial charge in [-0.05, 0) is 19.1 Å². The molecule has 0 aromatic carbocycles. The molecule has 0 aliphatic rings. The van der Waals surface area contributed by atoms with Crippen molar-refractivity contribution in [1.82, 2.24) is 14.9 Å². The van der Waals surface area contributed by atoms with Gasteiger partial charge >= 0.3 is 0 Å². The number of nitrogens with one attached hydrogen (secondary N) is 1. The van der Waals surface area contributed by atoms with Crippen LogP contribution in [-0.2, 0) is 0 Å². The highest BCUT2D eigenvalue weighted by Gasteiger charge is 1.96. The number of nitrogens with two attached hydrogens (primary N) is 1. The molecule has 0 unspecified atom stereocenters. The molecule has 0 saturated carbocycles. The molecule has 0 atom stereocenters. The number of hydrogen-bond acceptors (Lipinski definition) is 4. The molecule has 0 aliphatic heterocycles. The predicted octanol–water partition coefficient (Wildman–Crippen LogP) is -0.255. The smallest absolute Gasteiger partial charge is 0.294 e. The monoisotopic (exact) mass is 194 g/mol. The van der Waals surface area contributed by atoms with Gasteiger partial charge in [0.25, 0.3) is 5.56 Å². The van der Waals surface area contributed by atoms with Crippen LogP contribution in [0, 0.1) is 11.7 Å². The summed E-state index contributed by atoms with van der Waals surface area (Å²) in [5, 5.41) is 6.01. The first-order valence-electron chi connectivity index (χ1n) is 2.56. The van der Waals surface area contributed by atoms with Gasteiger partial charge in [-0.2, -0.15) is 9.77 Å². The van der Waals surface area contributed by atoms with E-state index in [2.05, 4.69) is 22.4 Å². The summed E-state index contributed by atoms with van der Waals surface area (Å²) in [5.41, 5.74) is -0.0696. The van der Waals surface area contributed by atoms with E-state index < -0.39 is 0 Å². The van der Waals surface area contributed by atoms with Gasteiger partial charge in [0.05, 0.1) is 0 Å². The van der Waals surface area contributed by atoms with Gasteiger partial charge < -0.3 is 5.84 Å². The molecular weight excluding hydrogens is 188 g/mol. The number of nitrogen functional groups attached to an aromatic ring is 1. The fourth-order valence-electron chi connectivity index (χ4n) is 0.500. The Bertz CT molecular complexity index is 356. The lowest BCUT2D eigenvalue weighted by atomic mass is 10.5. The summed E-state index contributed by atoms with van der Waals surface area (Å²) in [6, 6.07) is 0. The van der Waals surface area contributed by atoms with Gasteiger partial charge in [-0.1, -0.05) is 0 Å². The molecule has 11 heavy (non-hydrogen) atoms. The molecule has 5 nitrogen and oxygen atoms in total. The molecular formula is C4H7ClN4OS. The summed E-state index contributed by atoms with van der Waals surface area (Å²) < 4.78 is 0.966. The molecule has 1 aromatic rings. The first-order valence-corrected chi connectivity index (χ1v) is 2.97. The van der Waals surface area contributed by atoms with Gasteiger partial charge in [0.2, 0.25) is 4.77 Å². The summed E-state index contributed by atoms with van der Waals surface area (Å²) in [7, 11) is 0. The Balaban J connectivity index is 0.000001000. The molecule has 0 fully saturated rings. The third-order valence-corrected chi connectivity index (χ3v) is 1.35. The van der Waals surface area contributed by atoms with E-state index in [0.717, 1.165) is 4.68 Å². The Hall–Kier alpha value is -0.880. The number of aromatic amines is 1. The van der Waals surface area contributed by atoms with Gasteiger partial charge in [-0.25, -0.2) is 0 Å². The van der Waals surface area contributed by atoms with Crippen LogP contribution >= 0.6 is 24.6 Å². The highest BCUT2D eigenvalue weighted by molar-refractivity contribution is 7.71. The van der Waals surface area contributed by atoms with Crippen LogP contribution in [0.15, 0.2) is 4.79 Å². The zero-order valence-electron chi connectivity index (χ0n) is 5.70. The van der Waals surface area contributed by atoms with Crippen LogP contribution in [0.25, 0.3) is 0 Å². The molecule has 0 saturated heterocycles. The van der Waals surface area contributed by atoms with Crippen molar-refractivity contribution in [3.05, 3.63) is 20.8 Å². The summed E-state index contributed by atoms with van der Waals surface area (Å²) in [6.07, 6.45) is 0. The van der Waals surface area contributed by atoms with Crippen LogP contribution in [0.1, 0.15) is 5.69 Å². The third kappa shape index (κ3) is 1.78. The number of aryl methyl sites for hydroxylation is 1. The number of halogens is 1. The molecule has 1 rings (SSSR count). The van der Waals surface area contributed by atoms with Crippen molar-refractivity contribution in [3.63, 3.8) is 0 Å². The number of H-pyrrole nitrogens is 1. The van der Waals surface area contributed by atoms with Crippen molar-refractivity contribution in [3.8, 4) is 0 Å². The minimum atomic E-state index is -0.372. The summed E-state index contributed by atoms with van der Waals surface area (Å²) in [5.74, 6) is 5.21. The number of nitrogens with zero attached hydrogens (tertiary/aromatic N) is 2. The largest absolute Gasteiger partial charge is 0.334 e. The zero-order chi connectivity index (χ0) is 7.72. The second-order valence-corrected chi connectivity index (χ2v) is 2.18. The molecule has 1 heterocycles. The maximum Gasteiger partial charge on any atom is 0.294 e. The molecule has 0 aliphatic carbocycles.